The van der Waals surface area contributed by atoms with Crippen molar-refractivity contribution in [2.75, 3.05) is 9.80 Å². The smallest absolute Gasteiger partial charge is 0.252 e. The van der Waals surface area contributed by atoms with Crippen LogP contribution in [0, 0.1) is 27.1 Å². The van der Waals surface area contributed by atoms with Crippen molar-refractivity contribution in [2.45, 2.75) is 188 Å². The van der Waals surface area contributed by atoms with Crippen molar-refractivity contribution in [3.63, 3.8) is 0 Å². The molecular formula is C111H117BN4. The molecule has 0 atom stereocenters. The molecule has 2 aliphatic heterocycles. The number of anilines is 6. The molecule has 0 spiro atoms. The van der Waals surface area contributed by atoms with Crippen molar-refractivity contribution >= 4 is 101 Å². The molecule has 0 N–H and O–H groups in total. The van der Waals surface area contributed by atoms with Gasteiger partial charge in [0.25, 0.3) is 6.71 Å². The summed E-state index contributed by atoms with van der Waals surface area (Å²) in [6.07, 6.45) is -6.26. The number of hydrogen-bond donors (Lipinski definition) is 0. The molecule has 0 saturated carbocycles. The zero-order valence-electron chi connectivity index (χ0n) is 80.0. The molecule has 4 nitrogen and oxygen atoms in total. The molecule has 0 saturated heterocycles. The van der Waals surface area contributed by atoms with E-state index in [0.717, 1.165) is 156 Å². The summed E-state index contributed by atoms with van der Waals surface area (Å²) in [4.78, 5) is 5.27. The highest BCUT2D eigenvalue weighted by molar-refractivity contribution is 7.00. The van der Waals surface area contributed by atoms with E-state index in [4.69, 9.17) is 0 Å². The van der Waals surface area contributed by atoms with Crippen LogP contribution < -0.4 is 26.2 Å². The van der Waals surface area contributed by atoms with Crippen molar-refractivity contribution in [1.29, 1.82) is 0 Å². The highest BCUT2D eigenvalue weighted by atomic mass is 15.2. The van der Waals surface area contributed by atoms with Crippen LogP contribution in [0.4, 0.5) is 34.1 Å². The third kappa shape index (κ3) is 15.0. The molecule has 0 amide bonds. The van der Waals surface area contributed by atoms with Gasteiger partial charge in [-0.1, -0.05) is 303 Å². The van der Waals surface area contributed by atoms with Crippen LogP contribution >= 0.6 is 0 Å². The Morgan fingerprint density at radius 3 is 0.793 bits per heavy atom. The molecule has 4 heterocycles. The number of rotatable bonds is 13. The summed E-state index contributed by atoms with van der Waals surface area (Å²) in [6.45, 7) is 43.9. The zero-order valence-corrected chi connectivity index (χ0v) is 72.0. The Hall–Kier alpha value is -10.9. The van der Waals surface area contributed by atoms with Crippen LogP contribution in [0.1, 0.15) is 195 Å². The second-order valence-corrected chi connectivity index (χ2v) is 40.3. The summed E-state index contributed by atoms with van der Waals surface area (Å²) in [5.74, 6) is 0. The van der Waals surface area contributed by atoms with Crippen LogP contribution in [0.25, 0.3) is 99.5 Å². The van der Waals surface area contributed by atoms with E-state index in [1.165, 1.54) is 11.1 Å². The Kier molecular flexibility index (Phi) is 16.8. The van der Waals surface area contributed by atoms with Gasteiger partial charge in [-0.2, -0.15) is 0 Å². The van der Waals surface area contributed by atoms with Gasteiger partial charge in [0.2, 0.25) is 0 Å². The predicted octanol–water partition coefficient (Wildman–Crippen LogP) is 29.2. The van der Waals surface area contributed by atoms with E-state index in [9.17, 15) is 11.0 Å². The first-order chi connectivity index (χ1) is 58.0. The third-order valence-electron chi connectivity index (χ3n) is 22.7. The summed E-state index contributed by atoms with van der Waals surface area (Å²) in [7, 11) is 0. The molecule has 5 heteroatoms. The van der Waals surface area contributed by atoms with E-state index in [2.05, 4.69) is 300 Å². The largest absolute Gasteiger partial charge is 0.310 e. The van der Waals surface area contributed by atoms with Crippen molar-refractivity contribution < 1.29 is 11.0 Å². The summed E-state index contributed by atoms with van der Waals surface area (Å²) in [5.41, 5.74) is 24.9. The SMILES string of the molecule is [2H]C([2H])(c1ccc2c(c1)c1cc(C([2H])([2H])C(C)(C)C)ccc1n2-c1ccc2c(c1)N(c1c(-c3ccccc3)cc(C(C)(C)C)cc1-c1ccccc1)c1cc(CC(C)(C)C)cc3c1B2c1ccc(-n2c4ccc(C([2H])([2H])C(C)(C)C)cc4c4cc(C([2H])([2H])C(C)(C)C)ccc42)cc1N3c1c(-c2ccccc2)cc(C(C)(C)C)cc1-c1ccccc1)C(C)(C)C. The number of hydrogen-bond acceptors (Lipinski definition) is 2. The number of nitrogens with zero attached hydrogens (tertiary/aromatic N) is 4. The van der Waals surface area contributed by atoms with Gasteiger partial charge in [0, 0.05) is 88.9 Å². The molecule has 0 bridgehead atoms. The summed E-state index contributed by atoms with van der Waals surface area (Å²) in [6, 6.07) is 97.1. The lowest BCUT2D eigenvalue weighted by Gasteiger charge is -2.46. The minimum absolute atomic E-state index is 0.225. The fourth-order valence-electron chi connectivity index (χ4n) is 18.1. The van der Waals surface area contributed by atoms with Gasteiger partial charge in [-0.3, -0.25) is 0 Å². The average molecular weight is 1530 g/mol. The van der Waals surface area contributed by atoms with Crippen LogP contribution in [0.5, 0.6) is 0 Å². The Bertz CT molecular complexity index is 6060. The Balaban J connectivity index is 1.07. The summed E-state index contributed by atoms with van der Waals surface area (Å²) < 4.78 is 83.1. The number of fused-ring (bicyclic) bond motifs is 10. The molecule has 0 radical (unpaired) electrons. The molecule has 0 fully saturated rings. The third-order valence-corrected chi connectivity index (χ3v) is 22.7. The van der Waals surface area contributed by atoms with E-state index < -0.39 is 53.9 Å². The molecule has 584 valence electrons. The molecule has 116 heavy (non-hydrogen) atoms. The summed E-state index contributed by atoms with van der Waals surface area (Å²) in [5, 5.41) is 3.32. The first-order valence-electron chi connectivity index (χ1n) is 45.8. The molecule has 13 aromatic carbocycles. The lowest BCUT2D eigenvalue weighted by Crippen LogP contribution is -2.61. The lowest BCUT2D eigenvalue weighted by molar-refractivity contribution is 0.411. The highest BCUT2D eigenvalue weighted by Crippen LogP contribution is 2.56. The monoisotopic (exact) mass is 1520 g/mol. The molecule has 17 rings (SSSR count). The van der Waals surface area contributed by atoms with E-state index in [1.807, 2.05) is 132 Å². The van der Waals surface area contributed by atoms with Gasteiger partial charge in [-0.05, 0) is 257 Å². The number of benzene rings is 13. The van der Waals surface area contributed by atoms with Gasteiger partial charge in [-0.15, -0.1) is 0 Å². The van der Waals surface area contributed by atoms with Gasteiger partial charge in [0.1, 0.15) is 0 Å². The molecule has 0 unspecified atom stereocenters. The summed E-state index contributed by atoms with van der Waals surface area (Å²) >= 11 is 0. The standard InChI is InChI=1S/C111H117BN4/c1-105(2,3)66-71-42-50-94-88(54-71)89-55-72(67-106(4,5)6)43-51-95(89)113(94)82-46-48-92-98(64-82)115(103-84(76-34-26-22-27-35-76)60-80(110(16,17)18)61-85(103)77-36-28-23-29-37-77)100-58-75(70-109(13,14)15)59-101-102(100)112(92)93-49-47-83(114-96-52-44-73(68-107(7,8)9)56-90(96)91-57-74(45-53-97(91)114)69-108(10,11)12)65-99(93)116(101)104-86(78-38-30-24-31-39-78)62-81(111(19,20)21)63-87(104)79-40-32-25-33-41-79/h22-65H,66-70H2,1-21H3/i66D2,67D2,68D2,69D2. The first-order valence-corrected chi connectivity index (χ1v) is 41.8. The first kappa shape index (κ1) is 68.4. The maximum Gasteiger partial charge on any atom is 0.252 e. The van der Waals surface area contributed by atoms with E-state index in [-0.39, 0.29) is 16.2 Å². The Labute approximate surface area is 703 Å². The second-order valence-electron chi connectivity index (χ2n) is 40.3. The minimum atomic E-state index is -1.74. The van der Waals surface area contributed by atoms with Gasteiger partial charge in [0.15, 0.2) is 0 Å². The lowest BCUT2D eigenvalue weighted by atomic mass is 9.33. The van der Waals surface area contributed by atoms with Gasteiger partial charge in [0.05, 0.1) is 33.4 Å². The van der Waals surface area contributed by atoms with Crippen molar-refractivity contribution in [2.24, 2.45) is 27.1 Å². The van der Waals surface area contributed by atoms with Crippen LogP contribution in [0.15, 0.2) is 267 Å². The fourth-order valence-corrected chi connectivity index (χ4v) is 18.1. The van der Waals surface area contributed by atoms with Crippen LogP contribution in [0.2, 0.25) is 0 Å². The van der Waals surface area contributed by atoms with Gasteiger partial charge in [-0.25, -0.2) is 0 Å². The molecule has 2 aliphatic rings. The van der Waals surface area contributed by atoms with Crippen LogP contribution in [-0.2, 0) is 42.7 Å². The fraction of sp³-hybridized carbons (Fsp3) is 0.297. The van der Waals surface area contributed by atoms with Crippen molar-refractivity contribution in [1.82, 2.24) is 9.13 Å². The Morgan fingerprint density at radius 2 is 0.543 bits per heavy atom. The average Bonchev–Trinajstić information content (AvgIpc) is 0.760. The normalized spacial score (nSPS) is 15.0. The van der Waals surface area contributed by atoms with Crippen LogP contribution in [0.3, 0.4) is 0 Å². The zero-order chi connectivity index (χ0) is 88.8. The molecular weight excluding hydrogens is 1400 g/mol. The number of aromatic nitrogens is 2. The quantitative estimate of drug-likeness (QED) is 0.107. The van der Waals surface area contributed by atoms with E-state index in [0.29, 0.717) is 28.7 Å². The van der Waals surface area contributed by atoms with E-state index >= 15 is 0 Å². The Morgan fingerprint density at radius 1 is 0.267 bits per heavy atom. The molecule has 2 aromatic heterocycles. The van der Waals surface area contributed by atoms with Crippen LogP contribution in [-0.4, -0.2) is 15.8 Å². The highest BCUT2D eigenvalue weighted by Gasteiger charge is 2.47. The maximum absolute atomic E-state index is 9.80. The topological polar surface area (TPSA) is 16.3 Å². The minimum Gasteiger partial charge on any atom is -0.310 e. The predicted molar refractivity (Wildman–Crippen MR) is 504 cm³/mol. The van der Waals surface area contributed by atoms with Gasteiger partial charge < -0.3 is 18.9 Å². The molecule has 15 aromatic rings. The van der Waals surface area contributed by atoms with E-state index in [1.54, 1.807) is 0 Å². The second kappa shape index (κ2) is 28.5. The van der Waals surface area contributed by atoms with Crippen molar-refractivity contribution in [3.8, 4) is 55.9 Å². The molecule has 0 aliphatic carbocycles. The maximum atomic E-state index is 9.80. The van der Waals surface area contributed by atoms with Crippen molar-refractivity contribution in [3.05, 3.63) is 306 Å². The van der Waals surface area contributed by atoms with Gasteiger partial charge >= 0.3 is 0 Å².